The van der Waals surface area contributed by atoms with Crippen molar-refractivity contribution in [2.24, 2.45) is 5.92 Å². The molecule has 0 atom stereocenters. The largest absolute Gasteiger partial charge is 0.416 e. The molecule has 0 unspecified atom stereocenters. The molecule has 3 rings (SSSR count). The van der Waals surface area contributed by atoms with Crippen LogP contribution in [0.4, 0.5) is 18.9 Å². The van der Waals surface area contributed by atoms with Crippen LogP contribution in [-0.4, -0.2) is 30.9 Å². The SMILES string of the molecule is CC1CN(c2cc3c(c(C(F)(F)F)c2)CN(C)C3=O)C1. The first-order chi connectivity index (χ1) is 9.27. The summed E-state index contributed by atoms with van der Waals surface area (Å²) in [5.41, 5.74) is 0.110. The van der Waals surface area contributed by atoms with Gasteiger partial charge in [0.1, 0.15) is 0 Å². The molecule has 1 saturated heterocycles. The van der Waals surface area contributed by atoms with E-state index in [1.165, 1.54) is 18.0 Å². The van der Waals surface area contributed by atoms with Crippen LogP contribution >= 0.6 is 0 Å². The van der Waals surface area contributed by atoms with E-state index in [2.05, 4.69) is 0 Å². The van der Waals surface area contributed by atoms with Crippen LogP contribution in [0.2, 0.25) is 0 Å². The van der Waals surface area contributed by atoms with Gasteiger partial charge in [0.15, 0.2) is 0 Å². The van der Waals surface area contributed by atoms with Crippen molar-refractivity contribution in [3.8, 4) is 0 Å². The highest BCUT2D eigenvalue weighted by Gasteiger charge is 2.40. The second kappa shape index (κ2) is 4.14. The van der Waals surface area contributed by atoms with Crippen LogP contribution in [0.15, 0.2) is 12.1 Å². The predicted molar refractivity (Wildman–Crippen MR) is 68.6 cm³/mol. The molecule has 0 saturated carbocycles. The Balaban J connectivity index is 2.10. The van der Waals surface area contributed by atoms with Gasteiger partial charge in [-0.05, 0) is 23.6 Å². The molecular weight excluding hydrogens is 269 g/mol. The number of amides is 1. The summed E-state index contributed by atoms with van der Waals surface area (Å²) in [6, 6.07) is 2.78. The molecule has 2 aliphatic rings. The standard InChI is InChI=1S/C14H15F3N2O/c1-8-5-19(6-8)9-3-10-11(7-18(2)13(10)20)12(4-9)14(15,16)17/h3-4,8H,5-7H2,1-2H3. The molecule has 1 fully saturated rings. The van der Waals surface area contributed by atoms with Crippen LogP contribution in [0, 0.1) is 5.92 Å². The second-order valence-electron chi connectivity index (χ2n) is 5.69. The Hall–Kier alpha value is -1.72. The van der Waals surface area contributed by atoms with Crippen molar-refractivity contribution < 1.29 is 18.0 Å². The van der Waals surface area contributed by atoms with Crippen LogP contribution in [0.1, 0.15) is 28.4 Å². The Morgan fingerprint density at radius 2 is 1.90 bits per heavy atom. The van der Waals surface area contributed by atoms with Gasteiger partial charge in [-0.1, -0.05) is 6.92 Å². The van der Waals surface area contributed by atoms with Crippen molar-refractivity contribution in [2.75, 3.05) is 25.0 Å². The van der Waals surface area contributed by atoms with E-state index in [-0.39, 0.29) is 23.6 Å². The Kier molecular flexibility index (Phi) is 2.74. The molecule has 0 aromatic heterocycles. The fourth-order valence-corrected chi connectivity index (χ4v) is 2.88. The third-order valence-electron chi connectivity index (χ3n) is 3.94. The van der Waals surface area contributed by atoms with Crippen molar-refractivity contribution in [2.45, 2.75) is 19.6 Å². The van der Waals surface area contributed by atoms with Crippen molar-refractivity contribution in [3.63, 3.8) is 0 Å². The Morgan fingerprint density at radius 1 is 1.25 bits per heavy atom. The van der Waals surface area contributed by atoms with Crippen LogP contribution in [0.25, 0.3) is 0 Å². The third-order valence-corrected chi connectivity index (χ3v) is 3.94. The number of nitrogens with zero attached hydrogens (tertiary/aromatic N) is 2. The topological polar surface area (TPSA) is 23.6 Å². The summed E-state index contributed by atoms with van der Waals surface area (Å²) in [4.78, 5) is 15.2. The number of rotatable bonds is 1. The highest BCUT2D eigenvalue weighted by atomic mass is 19.4. The summed E-state index contributed by atoms with van der Waals surface area (Å²) in [5, 5.41) is 0. The average molecular weight is 284 g/mol. The quantitative estimate of drug-likeness (QED) is 0.791. The molecule has 1 aromatic rings. The first-order valence-electron chi connectivity index (χ1n) is 6.52. The maximum atomic E-state index is 13.2. The van der Waals surface area contributed by atoms with Crippen LogP contribution in [0.3, 0.4) is 0 Å². The van der Waals surface area contributed by atoms with Gasteiger partial charge in [0.05, 0.1) is 5.56 Å². The van der Waals surface area contributed by atoms with Gasteiger partial charge in [-0.2, -0.15) is 13.2 Å². The maximum absolute atomic E-state index is 13.2. The van der Waals surface area contributed by atoms with Crippen LogP contribution < -0.4 is 4.90 Å². The second-order valence-corrected chi connectivity index (χ2v) is 5.69. The molecule has 0 N–H and O–H groups in total. The molecule has 0 aliphatic carbocycles. The fraction of sp³-hybridized carbons (Fsp3) is 0.500. The number of halogens is 3. The number of alkyl halides is 3. The van der Waals surface area contributed by atoms with Crippen molar-refractivity contribution in [1.82, 2.24) is 4.90 Å². The lowest BCUT2D eigenvalue weighted by molar-refractivity contribution is -0.138. The van der Waals surface area contributed by atoms with Gasteiger partial charge in [-0.3, -0.25) is 4.79 Å². The lowest BCUT2D eigenvalue weighted by Gasteiger charge is -2.39. The Labute approximate surface area is 115 Å². The highest BCUT2D eigenvalue weighted by Crippen LogP contribution is 2.40. The number of benzene rings is 1. The van der Waals surface area contributed by atoms with E-state index in [0.717, 1.165) is 13.1 Å². The monoisotopic (exact) mass is 284 g/mol. The van der Waals surface area contributed by atoms with E-state index in [9.17, 15) is 18.0 Å². The molecule has 3 nitrogen and oxygen atoms in total. The third kappa shape index (κ3) is 1.94. The fourth-order valence-electron chi connectivity index (χ4n) is 2.88. The average Bonchev–Trinajstić information content (AvgIpc) is 2.59. The van der Waals surface area contributed by atoms with Gasteiger partial charge >= 0.3 is 6.18 Å². The minimum absolute atomic E-state index is 0.0275. The summed E-state index contributed by atoms with van der Waals surface area (Å²) in [7, 11) is 1.52. The minimum atomic E-state index is -4.43. The van der Waals surface area contributed by atoms with Gasteiger partial charge in [-0.15, -0.1) is 0 Å². The number of anilines is 1. The number of hydrogen-bond donors (Lipinski definition) is 0. The molecule has 1 aromatic carbocycles. The zero-order valence-electron chi connectivity index (χ0n) is 11.3. The van der Waals surface area contributed by atoms with Crippen molar-refractivity contribution >= 4 is 11.6 Å². The Bertz CT molecular complexity index is 577. The van der Waals surface area contributed by atoms with E-state index in [0.29, 0.717) is 11.6 Å². The first-order valence-corrected chi connectivity index (χ1v) is 6.52. The molecule has 0 spiro atoms. The summed E-state index contributed by atoms with van der Waals surface area (Å²) in [6.45, 7) is 3.55. The minimum Gasteiger partial charge on any atom is -0.371 e. The molecule has 2 heterocycles. The van der Waals surface area contributed by atoms with E-state index >= 15 is 0 Å². The van der Waals surface area contributed by atoms with Gasteiger partial charge in [0.2, 0.25) is 0 Å². The molecule has 108 valence electrons. The summed E-state index contributed by atoms with van der Waals surface area (Å²) in [5.74, 6) is 0.150. The van der Waals surface area contributed by atoms with Gasteiger partial charge < -0.3 is 9.80 Å². The lowest BCUT2D eigenvalue weighted by Crippen LogP contribution is -2.45. The predicted octanol–water partition coefficient (Wildman–Crippen LogP) is 2.75. The zero-order chi connectivity index (χ0) is 14.7. The highest BCUT2D eigenvalue weighted by molar-refractivity contribution is 5.99. The smallest absolute Gasteiger partial charge is 0.371 e. The zero-order valence-corrected chi connectivity index (χ0v) is 11.3. The molecule has 0 bridgehead atoms. The molecule has 20 heavy (non-hydrogen) atoms. The Morgan fingerprint density at radius 3 is 2.45 bits per heavy atom. The van der Waals surface area contributed by atoms with Gasteiger partial charge in [0.25, 0.3) is 5.91 Å². The summed E-state index contributed by atoms with van der Waals surface area (Å²) >= 11 is 0. The molecule has 6 heteroatoms. The van der Waals surface area contributed by atoms with E-state index in [4.69, 9.17) is 0 Å². The number of hydrogen-bond acceptors (Lipinski definition) is 2. The van der Waals surface area contributed by atoms with Crippen molar-refractivity contribution in [1.29, 1.82) is 0 Å². The lowest BCUT2D eigenvalue weighted by atomic mass is 9.97. The summed E-state index contributed by atoms with van der Waals surface area (Å²) in [6.07, 6.45) is -4.43. The molecule has 1 amide bonds. The normalized spacial score (nSPS) is 19.4. The first kappa shape index (κ1) is 13.3. The van der Waals surface area contributed by atoms with E-state index in [1.807, 2.05) is 11.8 Å². The molecule has 2 aliphatic heterocycles. The number of carbonyl (C=O) groups excluding carboxylic acids is 1. The van der Waals surface area contributed by atoms with Crippen molar-refractivity contribution in [3.05, 3.63) is 28.8 Å². The molecule has 0 radical (unpaired) electrons. The van der Waals surface area contributed by atoms with Crippen LogP contribution in [0.5, 0.6) is 0 Å². The number of fused-ring (bicyclic) bond motifs is 1. The van der Waals surface area contributed by atoms with Crippen LogP contribution in [-0.2, 0) is 12.7 Å². The maximum Gasteiger partial charge on any atom is 0.416 e. The summed E-state index contributed by atoms with van der Waals surface area (Å²) < 4.78 is 39.6. The number of carbonyl (C=O) groups is 1. The molecular formula is C14H15F3N2O. The van der Waals surface area contributed by atoms with E-state index < -0.39 is 11.7 Å². The van der Waals surface area contributed by atoms with Gasteiger partial charge in [-0.25, -0.2) is 0 Å². The van der Waals surface area contributed by atoms with Gasteiger partial charge in [0, 0.05) is 37.9 Å². The van der Waals surface area contributed by atoms with E-state index in [1.54, 1.807) is 6.07 Å².